The van der Waals surface area contributed by atoms with Gasteiger partial charge in [0.05, 0.1) is 9.83 Å². The van der Waals surface area contributed by atoms with Crippen molar-refractivity contribution in [2.75, 3.05) is 7.05 Å². The molecule has 1 saturated heterocycles. The molecule has 92 valence electrons. The van der Waals surface area contributed by atoms with E-state index in [9.17, 15) is 19.7 Å². The van der Waals surface area contributed by atoms with Crippen LogP contribution in [0.4, 0.5) is 10.5 Å². The lowest BCUT2D eigenvalue weighted by atomic mass is 10.2. The summed E-state index contributed by atoms with van der Waals surface area (Å²) in [4.78, 5) is 34.2. The average molecular weight is 264 g/mol. The number of non-ortho nitro benzene ring substituents is 1. The van der Waals surface area contributed by atoms with Gasteiger partial charge in [-0.1, -0.05) is 0 Å². The summed E-state index contributed by atoms with van der Waals surface area (Å²) < 4.78 is 0. The van der Waals surface area contributed by atoms with E-state index in [1.54, 1.807) is 0 Å². The van der Waals surface area contributed by atoms with Gasteiger partial charge in [-0.3, -0.25) is 24.6 Å². The van der Waals surface area contributed by atoms with Gasteiger partial charge in [0.25, 0.3) is 16.8 Å². The molecule has 1 heterocycles. The number of hydrogen-bond acceptors (Lipinski definition) is 5. The fraction of sp³-hybridized carbons (Fsp3) is 0.0909. The van der Waals surface area contributed by atoms with Crippen molar-refractivity contribution in [2.24, 2.45) is 0 Å². The molecule has 7 heteroatoms. The van der Waals surface area contributed by atoms with Gasteiger partial charge >= 0.3 is 0 Å². The van der Waals surface area contributed by atoms with Crippen molar-refractivity contribution in [3.8, 4) is 0 Å². The number of thioether (sulfide) groups is 1. The Kier molecular flexibility index (Phi) is 3.15. The van der Waals surface area contributed by atoms with E-state index in [2.05, 4.69) is 0 Å². The highest BCUT2D eigenvalue weighted by molar-refractivity contribution is 8.18. The fourth-order valence-electron chi connectivity index (χ4n) is 1.39. The standard InChI is InChI=1S/C11H8N2O4S/c1-12-10(14)9(18-11(12)15)6-7-2-4-8(5-3-7)13(16)17/h2-6H,1H3/b9-6+. The van der Waals surface area contributed by atoms with Gasteiger partial charge in [-0.05, 0) is 35.5 Å². The van der Waals surface area contributed by atoms with Crippen LogP contribution in [0, 0.1) is 10.1 Å². The van der Waals surface area contributed by atoms with E-state index in [1.807, 2.05) is 0 Å². The second-order valence-corrected chi connectivity index (χ2v) is 4.58. The summed E-state index contributed by atoms with van der Waals surface area (Å²) in [5.74, 6) is -0.358. The second-order valence-electron chi connectivity index (χ2n) is 3.59. The molecule has 1 aromatic carbocycles. The monoisotopic (exact) mass is 264 g/mol. The van der Waals surface area contributed by atoms with E-state index in [0.29, 0.717) is 10.5 Å². The van der Waals surface area contributed by atoms with Crippen LogP contribution >= 0.6 is 11.8 Å². The van der Waals surface area contributed by atoms with Gasteiger partial charge in [0.2, 0.25) is 0 Å². The molecule has 2 rings (SSSR count). The highest BCUT2D eigenvalue weighted by atomic mass is 32.2. The molecule has 0 saturated carbocycles. The van der Waals surface area contributed by atoms with E-state index in [0.717, 1.165) is 16.7 Å². The minimum atomic E-state index is -0.496. The average Bonchev–Trinajstić information content (AvgIpc) is 2.58. The summed E-state index contributed by atoms with van der Waals surface area (Å²) in [6.07, 6.45) is 1.54. The third-order valence-corrected chi connectivity index (χ3v) is 3.35. The third-order valence-electron chi connectivity index (χ3n) is 2.39. The molecule has 1 aliphatic rings. The quantitative estimate of drug-likeness (QED) is 0.465. The topological polar surface area (TPSA) is 80.5 Å². The molecule has 0 spiro atoms. The van der Waals surface area contributed by atoms with Crippen LogP contribution in [0.15, 0.2) is 29.2 Å². The van der Waals surface area contributed by atoms with Crippen LogP contribution in [-0.4, -0.2) is 28.0 Å². The van der Waals surface area contributed by atoms with Gasteiger partial charge in [-0.2, -0.15) is 0 Å². The molecule has 0 radical (unpaired) electrons. The smallest absolute Gasteiger partial charge is 0.272 e. The molecule has 0 unspecified atom stereocenters. The van der Waals surface area contributed by atoms with E-state index >= 15 is 0 Å². The summed E-state index contributed by atoms with van der Waals surface area (Å²) in [6, 6.07) is 5.76. The maximum absolute atomic E-state index is 11.6. The van der Waals surface area contributed by atoms with Gasteiger partial charge in [-0.15, -0.1) is 0 Å². The van der Waals surface area contributed by atoms with Gasteiger partial charge in [0.15, 0.2) is 0 Å². The Morgan fingerprint density at radius 1 is 1.28 bits per heavy atom. The lowest BCUT2D eigenvalue weighted by Crippen LogP contribution is -2.22. The Morgan fingerprint density at radius 3 is 2.33 bits per heavy atom. The zero-order valence-electron chi connectivity index (χ0n) is 9.32. The molecule has 0 bridgehead atoms. The first-order valence-electron chi connectivity index (χ1n) is 4.95. The molecule has 0 atom stereocenters. The fourth-order valence-corrected chi connectivity index (χ4v) is 2.22. The molecule has 1 fully saturated rings. The van der Waals surface area contributed by atoms with E-state index in [-0.39, 0.29) is 16.8 Å². The van der Waals surface area contributed by atoms with Crippen LogP contribution in [0.25, 0.3) is 6.08 Å². The highest BCUT2D eigenvalue weighted by Gasteiger charge is 2.31. The molecule has 2 amide bonds. The number of amides is 2. The molecule has 1 aromatic rings. The zero-order chi connectivity index (χ0) is 13.3. The maximum Gasteiger partial charge on any atom is 0.293 e. The number of benzene rings is 1. The van der Waals surface area contributed by atoms with Crippen molar-refractivity contribution in [2.45, 2.75) is 0 Å². The Labute approximate surface area is 106 Å². The number of imide groups is 1. The number of rotatable bonds is 2. The van der Waals surface area contributed by atoms with Crippen LogP contribution in [-0.2, 0) is 4.79 Å². The lowest BCUT2D eigenvalue weighted by Gasteiger charge is -2.00. The van der Waals surface area contributed by atoms with Crippen molar-refractivity contribution in [1.29, 1.82) is 0 Å². The molecular formula is C11H8N2O4S. The Hall–Kier alpha value is -2.15. The molecule has 0 N–H and O–H groups in total. The predicted molar refractivity (Wildman–Crippen MR) is 66.8 cm³/mol. The molecule has 0 aliphatic carbocycles. The Balaban J connectivity index is 2.26. The van der Waals surface area contributed by atoms with Crippen molar-refractivity contribution < 1.29 is 14.5 Å². The summed E-state index contributed by atoms with van der Waals surface area (Å²) in [5.41, 5.74) is 0.621. The largest absolute Gasteiger partial charge is 0.293 e. The lowest BCUT2D eigenvalue weighted by molar-refractivity contribution is -0.384. The number of carbonyl (C=O) groups excluding carboxylic acids is 2. The van der Waals surface area contributed by atoms with E-state index < -0.39 is 4.92 Å². The van der Waals surface area contributed by atoms with Crippen LogP contribution in [0.2, 0.25) is 0 Å². The molecule has 18 heavy (non-hydrogen) atoms. The van der Waals surface area contributed by atoms with Gasteiger partial charge < -0.3 is 0 Å². The number of likely N-dealkylation sites (N-methyl/N-ethyl adjacent to an activating group) is 1. The predicted octanol–water partition coefficient (Wildman–Crippen LogP) is 2.26. The zero-order valence-corrected chi connectivity index (χ0v) is 10.1. The number of nitrogens with zero attached hydrogens (tertiary/aromatic N) is 2. The Morgan fingerprint density at radius 2 is 1.89 bits per heavy atom. The van der Waals surface area contributed by atoms with Crippen LogP contribution in [0.3, 0.4) is 0 Å². The molecule has 1 aliphatic heterocycles. The van der Waals surface area contributed by atoms with Crippen molar-refractivity contribution in [1.82, 2.24) is 4.90 Å². The first kappa shape index (κ1) is 12.3. The minimum Gasteiger partial charge on any atom is -0.272 e. The molecule has 6 nitrogen and oxygen atoms in total. The third kappa shape index (κ3) is 2.25. The molecule has 0 aromatic heterocycles. The first-order valence-corrected chi connectivity index (χ1v) is 5.76. The minimum absolute atomic E-state index is 0.0178. The molecular weight excluding hydrogens is 256 g/mol. The highest BCUT2D eigenvalue weighted by Crippen LogP contribution is 2.31. The van der Waals surface area contributed by atoms with Gasteiger partial charge in [-0.25, -0.2) is 0 Å². The van der Waals surface area contributed by atoms with E-state index in [1.165, 1.54) is 37.4 Å². The van der Waals surface area contributed by atoms with Crippen molar-refractivity contribution in [3.05, 3.63) is 44.8 Å². The number of nitro benzene ring substituents is 1. The van der Waals surface area contributed by atoms with Crippen molar-refractivity contribution >= 4 is 34.7 Å². The normalized spacial score (nSPS) is 17.6. The van der Waals surface area contributed by atoms with Crippen LogP contribution < -0.4 is 0 Å². The summed E-state index contributed by atoms with van der Waals surface area (Å²) >= 11 is 0.852. The first-order chi connectivity index (χ1) is 8.49. The number of hydrogen-bond donors (Lipinski definition) is 0. The summed E-state index contributed by atoms with van der Waals surface area (Å²) in [6.45, 7) is 0. The second kappa shape index (κ2) is 4.61. The van der Waals surface area contributed by atoms with Gasteiger partial charge in [0.1, 0.15) is 0 Å². The number of nitro groups is 1. The summed E-state index contributed by atoms with van der Waals surface area (Å²) in [7, 11) is 1.41. The number of carbonyl (C=O) groups is 2. The van der Waals surface area contributed by atoms with Crippen molar-refractivity contribution in [3.63, 3.8) is 0 Å². The summed E-state index contributed by atoms with van der Waals surface area (Å²) in [5, 5.41) is 10.1. The van der Waals surface area contributed by atoms with Crippen LogP contribution in [0.1, 0.15) is 5.56 Å². The SMILES string of the molecule is CN1C(=O)S/C(=C/c2ccc([N+](=O)[O-])cc2)C1=O. The van der Waals surface area contributed by atoms with Gasteiger partial charge in [0, 0.05) is 19.2 Å². The maximum atomic E-state index is 11.6. The Bertz CT molecular complexity index is 565. The van der Waals surface area contributed by atoms with Crippen LogP contribution in [0.5, 0.6) is 0 Å². The van der Waals surface area contributed by atoms with E-state index in [4.69, 9.17) is 0 Å².